The van der Waals surface area contributed by atoms with Crippen molar-refractivity contribution in [2.24, 2.45) is 0 Å². The minimum atomic E-state index is 0.340. The predicted molar refractivity (Wildman–Crippen MR) is 69.6 cm³/mol. The summed E-state index contributed by atoms with van der Waals surface area (Å²) < 4.78 is 11.3. The molecule has 0 bridgehead atoms. The molecule has 1 saturated heterocycles. The molecule has 0 aliphatic carbocycles. The SMILES string of the molecule is S=C(NCC1CCCO1)SCc1ccoc1. The van der Waals surface area contributed by atoms with E-state index < -0.39 is 0 Å². The predicted octanol–water partition coefficient (Wildman–Crippen LogP) is 2.57. The smallest absolute Gasteiger partial charge is 0.134 e. The Bertz CT molecular complexity index is 321. The van der Waals surface area contributed by atoms with Crippen molar-refractivity contribution in [3.05, 3.63) is 24.2 Å². The topological polar surface area (TPSA) is 34.4 Å². The van der Waals surface area contributed by atoms with Gasteiger partial charge in [0.25, 0.3) is 0 Å². The number of nitrogens with one attached hydrogen (secondary N) is 1. The molecule has 0 spiro atoms. The van der Waals surface area contributed by atoms with Gasteiger partial charge in [-0.3, -0.25) is 0 Å². The Morgan fingerprint density at radius 1 is 1.62 bits per heavy atom. The van der Waals surface area contributed by atoms with Crippen molar-refractivity contribution in [2.45, 2.75) is 24.7 Å². The van der Waals surface area contributed by atoms with Gasteiger partial charge in [0.1, 0.15) is 4.32 Å². The van der Waals surface area contributed by atoms with Crippen LogP contribution in [0.25, 0.3) is 0 Å². The van der Waals surface area contributed by atoms with Crippen LogP contribution in [-0.4, -0.2) is 23.6 Å². The number of furan rings is 1. The zero-order valence-corrected chi connectivity index (χ0v) is 10.6. The maximum Gasteiger partial charge on any atom is 0.134 e. The number of ether oxygens (including phenoxy) is 1. The van der Waals surface area contributed by atoms with Crippen LogP contribution in [0.3, 0.4) is 0 Å². The average Bonchev–Trinajstić information content (AvgIpc) is 2.96. The van der Waals surface area contributed by atoms with Gasteiger partial charge in [-0.25, -0.2) is 0 Å². The Labute approximate surface area is 105 Å². The van der Waals surface area contributed by atoms with Gasteiger partial charge in [0.15, 0.2) is 0 Å². The Kier molecular flexibility index (Phi) is 4.69. The summed E-state index contributed by atoms with van der Waals surface area (Å²) in [6, 6.07) is 1.95. The minimum Gasteiger partial charge on any atom is -0.472 e. The van der Waals surface area contributed by atoms with E-state index in [1.807, 2.05) is 6.07 Å². The van der Waals surface area contributed by atoms with E-state index in [2.05, 4.69) is 5.32 Å². The molecule has 1 aromatic rings. The lowest BCUT2D eigenvalue weighted by Gasteiger charge is -2.11. The lowest BCUT2D eigenvalue weighted by Crippen LogP contribution is -2.28. The van der Waals surface area contributed by atoms with E-state index in [0.717, 1.165) is 35.2 Å². The summed E-state index contributed by atoms with van der Waals surface area (Å²) in [6.45, 7) is 1.72. The molecule has 0 radical (unpaired) electrons. The maximum absolute atomic E-state index is 5.51. The fourth-order valence-corrected chi connectivity index (χ4v) is 2.48. The molecule has 1 aromatic heterocycles. The molecule has 1 N–H and O–H groups in total. The lowest BCUT2D eigenvalue weighted by molar-refractivity contribution is 0.114. The molecule has 3 nitrogen and oxygen atoms in total. The number of hydrogen-bond acceptors (Lipinski definition) is 4. The van der Waals surface area contributed by atoms with Crippen LogP contribution in [0.15, 0.2) is 23.0 Å². The van der Waals surface area contributed by atoms with E-state index in [-0.39, 0.29) is 0 Å². The third kappa shape index (κ3) is 3.81. The normalized spacial score (nSPS) is 19.9. The molecule has 1 aliphatic rings. The number of hydrogen-bond donors (Lipinski definition) is 1. The highest BCUT2D eigenvalue weighted by atomic mass is 32.2. The van der Waals surface area contributed by atoms with E-state index in [4.69, 9.17) is 21.4 Å². The third-order valence-electron chi connectivity index (χ3n) is 2.45. The van der Waals surface area contributed by atoms with Crippen LogP contribution in [0.1, 0.15) is 18.4 Å². The summed E-state index contributed by atoms with van der Waals surface area (Å²) in [5, 5.41) is 3.23. The second-order valence-corrected chi connectivity index (χ2v) is 5.38. The molecular formula is C11H15NO2S2. The average molecular weight is 257 g/mol. The molecule has 0 amide bonds. The highest BCUT2D eigenvalue weighted by Crippen LogP contribution is 2.14. The van der Waals surface area contributed by atoms with Gasteiger partial charge in [-0.1, -0.05) is 24.0 Å². The van der Waals surface area contributed by atoms with Crippen molar-refractivity contribution in [1.29, 1.82) is 0 Å². The molecule has 2 rings (SSSR count). The summed E-state index contributed by atoms with van der Waals surface area (Å²) in [5.74, 6) is 0.855. The van der Waals surface area contributed by atoms with Gasteiger partial charge in [-0.05, 0) is 18.9 Å². The van der Waals surface area contributed by atoms with E-state index in [0.29, 0.717) is 6.10 Å². The lowest BCUT2D eigenvalue weighted by atomic mass is 10.2. The van der Waals surface area contributed by atoms with Crippen LogP contribution >= 0.6 is 24.0 Å². The Hall–Kier alpha value is -0.520. The van der Waals surface area contributed by atoms with Crippen LogP contribution in [0.4, 0.5) is 0 Å². The highest BCUT2D eigenvalue weighted by Gasteiger charge is 2.15. The molecule has 1 unspecified atom stereocenters. The number of thioether (sulfide) groups is 1. The molecule has 88 valence electrons. The zero-order valence-electron chi connectivity index (χ0n) is 8.98. The minimum absolute atomic E-state index is 0.340. The summed E-state index contributed by atoms with van der Waals surface area (Å²) in [5.41, 5.74) is 1.16. The van der Waals surface area contributed by atoms with Crippen molar-refractivity contribution in [1.82, 2.24) is 5.32 Å². The summed E-state index contributed by atoms with van der Waals surface area (Å²) >= 11 is 6.85. The highest BCUT2D eigenvalue weighted by molar-refractivity contribution is 8.22. The molecule has 1 fully saturated rings. The summed E-state index contributed by atoms with van der Waals surface area (Å²) in [6.07, 6.45) is 6.07. The number of rotatable bonds is 4. The molecule has 1 aliphatic heterocycles. The first kappa shape index (κ1) is 12.0. The van der Waals surface area contributed by atoms with Gasteiger partial charge in [0.05, 0.1) is 18.6 Å². The quantitative estimate of drug-likeness (QED) is 0.839. The largest absolute Gasteiger partial charge is 0.472 e. The van der Waals surface area contributed by atoms with E-state index in [1.54, 1.807) is 24.3 Å². The monoisotopic (exact) mass is 257 g/mol. The standard InChI is InChI=1S/C11H15NO2S2/c15-11(12-6-10-2-1-4-14-10)16-8-9-3-5-13-7-9/h3,5,7,10H,1-2,4,6,8H2,(H,12,15). The van der Waals surface area contributed by atoms with Gasteiger partial charge in [0.2, 0.25) is 0 Å². The van der Waals surface area contributed by atoms with Crippen LogP contribution in [0.2, 0.25) is 0 Å². The van der Waals surface area contributed by atoms with Crippen LogP contribution in [-0.2, 0) is 10.5 Å². The molecule has 5 heteroatoms. The second kappa shape index (κ2) is 6.27. The fraction of sp³-hybridized carbons (Fsp3) is 0.545. The molecule has 0 saturated carbocycles. The summed E-state index contributed by atoms with van der Waals surface area (Å²) in [7, 11) is 0. The number of thiocarbonyl (C=S) groups is 1. The maximum atomic E-state index is 5.51. The van der Waals surface area contributed by atoms with Crippen molar-refractivity contribution in [2.75, 3.05) is 13.2 Å². The van der Waals surface area contributed by atoms with Gasteiger partial charge < -0.3 is 14.5 Å². The van der Waals surface area contributed by atoms with E-state index in [9.17, 15) is 0 Å². The van der Waals surface area contributed by atoms with Crippen molar-refractivity contribution in [3.63, 3.8) is 0 Å². The fourth-order valence-electron chi connectivity index (χ4n) is 1.58. The molecule has 0 aromatic carbocycles. The van der Waals surface area contributed by atoms with Crippen molar-refractivity contribution >= 4 is 28.3 Å². The van der Waals surface area contributed by atoms with Gasteiger partial charge in [-0.2, -0.15) is 0 Å². The third-order valence-corrected chi connectivity index (χ3v) is 3.83. The van der Waals surface area contributed by atoms with Gasteiger partial charge >= 0.3 is 0 Å². The van der Waals surface area contributed by atoms with Gasteiger partial charge in [0, 0.05) is 24.5 Å². The van der Waals surface area contributed by atoms with Crippen LogP contribution in [0.5, 0.6) is 0 Å². The van der Waals surface area contributed by atoms with Crippen molar-refractivity contribution < 1.29 is 9.15 Å². The Morgan fingerprint density at radius 3 is 3.25 bits per heavy atom. The Balaban J connectivity index is 1.60. The molecular weight excluding hydrogens is 242 g/mol. The van der Waals surface area contributed by atoms with E-state index >= 15 is 0 Å². The second-order valence-electron chi connectivity index (χ2n) is 3.72. The summed E-state index contributed by atoms with van der Waals surface area (Å²) in [4.78, 5) is 0. The van der Waals surface area contributed by atoms with Crippen LogP contribution in [0, 0.1) is 0 Å². The zero-order chi connectivity index (χ0) is 11.2. The molecule has 16 heavy (non-hydrogen) atoms. The molecule has 2 heterocycles. The first-order chi connectivity index (χ1) is 7.84. The Morgan fingerprint density at radius 2 is 2.56 bits per heavy atom. The van der Waals surface area contributed by atoms with Gasteiger partial charge in [-0.15, -0.1) is 0 Å². The van der Waals surface area contributed by atoms with E-state index in [1.165, 1.54) is 6.42 Å². The van der Waals surface area contributed by atoms with Crippen molar-refractivity contribution in [3.8, 4) is 0 Å². The first-order valence-corrected chi connectivity index (χ1v) is 6.77. The molecule has 1 atom stereocenters. The first-order valence-electron chi connectivity index (χ1n) is 5.38. The van der Waals surface area contributed by atoms with Crippen LogP contribution < -0.4 is 5.32 Å².